The van der Waals surface area contributed by atoms with Crippen molar-refractivity contribution in [3.8, 4) is 0 Å². The molecule has 0 unspecified atom stereocenters. The van der Waals surface area contributed by atoms with Gasteiger partial charge in [-0.15, -0.1) is 0 Å². The normalized spacial score (nSPS) is 21.3. The number of hydrogen-bond donors (Lipinski definition) is 1. The lowest BCUT2D eigenvalue weighted by Gasteiger charge is -2.30. The lowest BCUT2D eigenvalue weighted by atomic mass is 10.0. The van der Waals surface area contributed by atoms with Gasteiger partial charge in [-0.2, -0.15) is 0 Å². The van der Waals surface area contributed by atoms with Crippen LogP contribution in [0.1, 0.15) is 75.3 Å². The number of amides is 1. The van der Waals surface area contributed by atoms with E-state index in [1.54, 1.807) is 6.07 Å². The van der Waals surface area contributed by atoms with E-state index in [-0.39, 0.29) is 11.9 Å². The summed E-state index contributed by atoms with van der Waals surface area (Å²) in [6.07, 6.45) is 9.02. The van der Waals surface area contributed by atoms with Crippen LogP contribution in [0.4, 0.5) is 0 Å². The highest BCUT2D eigenvalue weighted by molar-refractivity contribution is 7.93. The molecule has 2 aliphatic rings. The standard InChI is InChI=1S/C21H31NO3S/c1-16-11-12-17(2)19(15-16)26(24,25)21(13-7-8-14-21)20(23)22-18-9-5-3-4-6-10-18/h11-12,15,18H,3-10,13-14H2,1-2H3,(H,22,23). The molecule has 0 aliphatic heterocycles. The van der Waals surface area contributed by atoms with Crippen LogP contribution in [0.25, 0.3) is 0 Å². The fraction of sp³-hybridized carbons (Fsp3) is 0.667. The zero-order chi connectivity index (χ0) is 18.8. The van der Waals surface area contributed by atoms with Gasteiger partial charge >= 0.3 is 0 Å². The number of carbonyl (C=O) groups is 1. The summed E-state index contributed by atoms with van der Waals surface area (Å²) in [7, 11) is -3.72. The van der Waals surface area contributed by atoms with Crippen LogP contribution in [0.15, 0.2) is 23.1 Å². The van der Waals surface area contributed by atoms with Crippen molar-refractivity contribution in [3.63, 3.8) is 0 Å². The Morgan fingerprint density at radius 2 is 1.62 bits per heavy atom. The van der Waals surface area contributed by atoms with Crippen LogP contribution in [-0.4, -0.2) is 25.1 Å². The third-order valence-corrected chi connectivity index (χ3v) is 8.80. The summed E-state index contributed by atoms with van der Waals surface area (Å²) < 4.78 is 25.9. The molecule has 1 amide bonds. The number of carbonyl (C=O) groups excluding carboxylic acids is 1. The van der Waals surface area contributed by atoms with E-state index in [0.29, 0.717) is 17.7 Å². The minimum absolute atomic E-state index is 0.122. The Morgan fingerprint density at radius 1 is 1.00 bits per heavy atom. The molecule has 4 nitrogen and oxygen atoms in total. The Hall–Kier alpha value is -1.36. The van der Waals surface area contributed by atoms with Gasteiger partial charge in [-0.25, -0.2) is 8.42 Å². The first-order chi connectivity index (χ1) is 12.4. The van der Waals surface area contributed by atoms with Gasteiger partial charge in [0.05, 0.1) is 4.90 Å². The number of benzene rings is 1. The van der Waals surface area contributed by atoms with Gasteiger partial charge in [-0.1, -0.05) is 50.7 Å². The fourth-order valence-corrected chi connectivity index (χ4v) is 6.89. The second-order valence-corrected chi connectivity index (χ2v) is 10.4. The molecule has 1 aromatic carbocycles. The zero-order valence-electron chi connectivity index (χ0n) is 16.0. The summed E-state index contributed by atoms with van der Waals surface area (Å²) in [5.41, 5.74) is 1.63. The molecule has 0 radical (unpaired) electrons. The predicted molar refractivity (Wildman–Crippen MR) is 104 cm³/mol. The number of rotatable bonds is 4. The van der Waals surface area contributed by atoms with Gasteiger partial charge in [-0.3, -0.25) is 4.79 Å². The highest BCUT2D eigenvalue weighted by atomic mass is 32.2. The quantitative estimate of drug-likeness (QED) is 0.799. The first-order valence-electron chi connectivity index (χ1n) is 10.00. The van der Waals surface area contributed by atoms with Crippen molar-refractivity contribution in [2.45, 2.75) is 93.7 Å². The molecule has 0 bridgehead atoms. The summed E-state index contributed by atoms with van der Waals surface area (Å²) in [6, 6.07) is 5.61. The molecule has 0 aromatic heterocycles. The largest absolute Gasteiger partial charge is 0.352 e. The Morgan fingerprint density at radius 3 is 2.23 bits per heavy atom. The molecule has 0 spiro atoms. The van der Waals surface area contributed by atoms with E-state index >= 15 is 0 Å². The molecule has 26 heavy (non-hydrogen) atoms. The van der Waals surface area contributed by atoms with Gasteiger partial charge in [0.1, 0.15) is 0 Å². The average Bonchev–Trinajstić information content (AvgIpc) is 2.99. The maximum atomic E-state index is 13.6. The molecule has 3 rings (SSSR count). The molecule has 0 saturated heterocycles. The first-order valence-corrected chi connectivity index (χ1v) is 11.5. The SMILES string of the molecule is Cc1ccc(C)c(S(=O)(=O)C2(C(=O)NC3CCCCCC3)CCCC2)c1. The summed E-state index contributed by atoms with van der Waals surface area (Å²) >= 11 is 0. The average molecular weight is 378 g/mol. The maximum Gasteiger partial charge on any atom is 0.242 e. The topological polar surface area (TPSA) is 63.2 Å². The van der Waals surface area contributed by atoms with Gasteiger partial charge in [0.15, 0.2) is 14.6 Å². The lowest BCUT2D eigenvalue weighted by molar-refractivity contribution is -0.124. The molecule has 5 heteroatoms. The van der Waals surface area contributed by atoms with Crippen LogP contribution < -0.4 is 5.32 Å². The predicted octanol–water partition coefficient (Wildman–Crippen LogP) is 4.23. The van der Waals surface area contributed by atoms with Crippen LogP contribution in [0.2, 0.25) is 0 Å². The van der Waals surface area contributed by atoms with Crippen molar-refractivity contribution in [1.29, 1.82) is 0 Å². The smallest absolute Gasteiger partial charge is 0.242 e. The molecule has 2 saturated carbocycles. The van der Waals surface area contributed by atoms with Crippen molar-refractivity contribution in [2.24, 2.45) is 0 Å². The Balaban J connectivity index is 1.93. The van der Waals surface area contributed by atoms with E-state index in [4.69, 9.17) is 0 Å². The molecule has 0 heterocycles. The Bertz CT molecular complexity index is 755. The van der Waals surface area contributed by atoms with E-state index in [1.807, 2.05) is 26.0 Å². The molecule has 2 fully saturated rings. The molecule has 1 aromatic rings. The molecular formula is C21H31NO3S. The fourth-order valence-electron chi connectivity index (χ4n) is 4.51. The van der Waals surface area contributed by atoms with Crippen molar-refractivity contribution >= 4 is 15.7 Å². The van der Waals surface area contributed by atoms with Gasteiger partial charge in [0.25, 0.3) is 0 Å². The second-order valence-electron chi connectivity index (χ2n) is 8.14. The van der Waals surface area contributed by atoms with Crippen LogP contribution in [0.3, 0.4) is 0 Å². The Labute approximate surface area is 157 Å². The molecule has 2 aliphatic carbocycles. The number of aryl methyl sites for hydroxylation is 2. The highest BCUT2D eigenvalue weighted by Crippen LogP contribution is 2.42. The van der Waals surface area contributed by atoms with Gasteiger partial charge < -0.3 is 5.32 Å². The van der Waals surface area contributed by atoms with Gasteiger partial charge in [-0.05, 0) is 56.7 Å². The van der Waals surface area contributed by atoms with Crippen LogP contribution in [0.5, 0.6) is 0 Å². The van der Waals surface area contributed by atoms with E-state index in [2.05, 4.69) is 5.32 Å². The first kappa shape index (κ1) is 19.4. The summed E-state index contributed by atoms with van der Waals surface area (Å²) in [4.78, 5) is 13.6. The van der Waals surface area contributed by atoms with Crippen molar-refractivity contribution in [3.05, 3.63) is 29.3 Å². The van der Waals surface area contributed by atoms with Crippen LogP contribution in [0, 0.1) is 13.8 Å². The zero-order valence-corrected chi connectivity index (χ0v) is 16.8. The van der Waals surface area contributed by atoms with E-state index in [1.165, 1.54) is 12.8 Å². The molecule has 1 N–H and O–H groups in total. The third kappa shape index (κ3) is 3.55. The van der Waals surface area contributed by atoms with Gasteiger partial charge in [0, 0.05) is 6.04 Å². The highest BCUT2D eigenvalue weighted by Gasteiger charge is 2.53. The van der Waals surface area contributed by atoms with E-state index in [9.17, 15) is 13.2 Å². The molecule has 144 valence electrons. The van der Waals surface area contributed by atoms with Gasteiger partial charge in [0.2, 0.25) is 5.91 Å². The van der Waals surface area contributed by atoms with Crippen molar-refractivity contribution in [1.82, 2.24) is 5.32 Å². The summed E-state index contributed by atoms with van der Waals surface area (Å²) in [6.45, 7) is 3.71. The molecular weight excluding hydrogens is 346 g/mol. The number of sulfone groups is 1. The van der Waals surface area contributed by atoms with E-state index < -0.39 is 14.6 Å². The minimum Gasteiger partial charge on any atom is -0.352 e. The minimum atomic E-state index is -3.72. The lowest BCUT2D eigenvalue weighted by Crippen LogP contribution is -2.53. The summed E-state index contributed by atoms with van der Waals surface area (Å²) in [5, 5.41) is 3.13. The van der Waals surface area contributed by atoms with Crippen LogP contribution >= 0.6 is 0 Å². The monoisotopic (exact) mass is 377 g/mol. The maximum absolute atomic E-state index is 13.6. The van der Waals surface area contributed by atoms with E-state index in [0.717, 1.165) is 49.7 Å². The molecule has 0 atom stereocenters. The Kier molecular flexibility index (Phi) is 5.75. The third-order valence-electron chi connectivity index (χ3n) is 6.16. The van der Waals surface area contributed by atoms with Crippen molar-refractivity contribution < 1.29 is 13.2 Å². The number of nitrogens with one attached hydrogen (secondary N) is 1. The van der Waals surface area contributed by atoms with Crippen LogP contribution in [-0.2, 0) is 14.6 Å². The second kappa shape index (κ2) is 7.71. The van der Waals surface area contributed by atoms with Crippen molar-refractivity contribution in [2.75, 3.05) is 0 Å². The summed E-state index contributed by atoms with van der Waals surface area (Å²) in [5.74, 6) is -0.261. The number of hydrogen-bond acceptors (Lipinski definition) is 3.